The lowest BCUT2D eigenvalue weighted by molar-refractivity contribution is 0.414. The van der Waals surface area contributed by atoms with Gasteiger partial charge in [-0.2, -0.15) is 10.2 Å². The molecule has 0 spiro atoms. The highest BCUT2D eigenvalue weighted by Gasteiger charge is 1.95. The first-order chi connectivity index (χ1) is 11.3. The Balaban J connectivity index is 0.000000229. The molecule has 1 aromatic carbocycles. The Morgan fingerprint density at radius 2 is 1.65 bits per heavy atom. The maximum absolute atomic E-state index is 5.18. The normalized spacial score (nSPS) is 9.43. The summed E-state index contributed by atoms with van der Waals surface area (Å²) >= 11 is 0. The number of aromatic nitrogens is 4. The van der Waals surface area contributed by atoms with Crippen molar-refractivity contribution in [3.63, 3.8) is 0 Å². The molecule has 0 aliphatic carbocycles. The van der Waals surface area contributed by atoms with Gasteiger partial charge in [-0.25, -0.2) is 0 Å². The van der Waals surface area contributed by atoms with Crippen LogP contribution in [0.1, 0.15) is 5.56 Å². The van der Waals surface area contributed by atoms with E-state index in [1.807, 2.05) is 36.4 Å². The van der Waals surface area contributed by atoms with Gasteiger partial charge in [0.15, 0.2) is 0 Å². The summed E-state index contributed by atoms with van der Waals surface area (Å²) in [5.74, 6) is 2.10. The van der Waals surface area contributed by atoms with Crippen LogP contribution in [0.4, 0.5) is 11.6 Å². The molecule has 0 fully saturated rings. The maximum Gasteiger partial charge on any atom is 0.148 e. The quantitative estimate of drug-likeness (QED) is 0.761. The number of hydrogen-bond donors (Lipinski definition) is 2. The number of nitrogens with two attached hydrogens (primary N) is 1. The van der Waals surface area contributed by atoms with Gasteiger partial charge in [-0.3, -0.25) is 0 Å². The predicted octanol–water partition coefficient (Wildman–Crippen LogP) is 2.16. The number of rotatable bonds is 4. The van der Waals surface area contributed by atoms with Crippen LogP contribution in [-0.4, -0.2) is 27.5 Å². The molecule has 3 N–H and O–H groups in total. The van der Waals surface area contributed by atoms with Crippen molar-refractivity contribution in [1.29, 1.82) is 0 Å². The Morgan fingerprint density at radius 1 is 0.957 bits per heavy atom. The molecule has 7 heteroatoms. The van der Waals surface area contributed by atoms with Gasteiger partial charge < -0.3 is 15.8 Å². The van der Waals surface area contributed by atoms with E-state index in [2.05, 4.69) is 25.7 Å². The van der Waals surface area contributed by atoms with E-state index >= 15 is 0 Å². The van der Waals surface area contributed by atoms with Crippen LogP contribution in [0, 0.1) is 0 Å². The lowest BCUT2D eigenvalue weighted by atomic mass is 10.2. The maximum atomic E-state index is 5.18. The lowest BCUT2D eigenvalue weighted by Crippen LogP contribution is -2.01. The lowest BCUT2D eigenvalue weighted by Gasteiger charge is -2.05. The number of nitrogens with zero attached hydrogens (tertiary/aromatic N) is 4. The van der Waals surface area contributed by atoms with Crippen molar-refractivity contribution in [3.05, 3.63) is 66.5 Å². The van der Waals surface area contributed by atoms with Gasteiger partial charge in [0, 0.05) is 18.9 Å². The summed E-state index contributed by atoms with van der Waals surface area (Å²) in [4.78, 5) is 0. The van der Waals surface area contributed by atoms with Crippen molar-refractivity contribution in [2.75, 3.05) is 18.2 Å². The molecule has 0 unspecified atom stereocenters. The van der Waals surface area contributed by atoms with Gasteiger partial charge >= 0.3 is 0 Å². The van der Waals surface area contributed by atoms with Gasteiger partial charge in [-0.15, -0.1) is 10.2 Å². The molecule has 0 aliphatic heterocycles. The van der Waals surface area contributed by atoms with Crippen LogP contribution in [0.15, 0.2) is 60.9 Å². The minimum absolute atomic E-state index is 0.461. The monoisotopic (exact) mass is 310 g/mol. The van der Waals surface area contributed by atoms with Crippen molar-refractivity contribution < 1.29 is 4.74 Å². The fourth-order valence-electron chi connectivity index (χ4n) is 1.65. The van der Waals surface area contributed by atoms with Gasteiger partial charge in [0.25, 0.3) is 0 Å². The van der Waals surface area contributed by atoms with Crippen LogP contribution < -0.4 is 15.8 Å². The highest BCUT2D eigenvalue weighted by molar-refractivity contribution is 5.34. The van der Waals surface area contributed by atoms with Gasteiger partial charge in [-0.05, 0) is 42.0 Å². The number of methoxy groups -OCH3 is 1. The van der Waals surface area contributed by atoms with Gasteiger partial charge in [-0.1, -0.05) is 12.1 Å². The van der Waals surface area contributed by atoms with Crippen LogP contribution in [0.2, 0.25) is 0 Å². The largest absolute Gasteiger partial charge is 0.497 e. The van der Waals surface area contributed by atoms with E-state index in [1.54, 1.807) is 31.6 Å². The van der Waals surface area contributed by atoms with Crippen molar-refractivity contribution in [2.45, 2.75) is 6.54 Å². The minimum atomic E-state index is 0.461. The fraction of sp³-hybridized carbons (Fsp3) is 0.125. The Labute approximate surface area is 134 Å². The third-order valence-electron chi connectivity index (χ3n) is 2.80. The van der Waals surface area contributed by atoms with Crippen LogP contribution >= 0.6 is 0 Å². The zero-order valence-electron chi connectivity index (χ0n) is 12.8. The summed E-state index contributed by atoms with van der Waals surface area (Å²) in [5, 5.41) is 17.9. The molecule has 0 aliphatic rings. The first-order valence-electron chi connectivity index (χ1n) is 6.95. The average Bonchev–Trinajstić information content (AvgIpc) is 2.62. The van der Waals surface area contributed by atoms with E-state index in [9.17, 15) is 0 Å². The Bertz CT molecular complexity index is 676. The van der Waals surface area contributed by atoms with Gasteiger partial charge in [0.2, 0.25) is 0 Å². The number of hydrogen-bond acceptors (Lipinski definition) is 7. The molecule has 2 aromatic heterocycles. The first-order valence-corrected chi connectivity index (χ1v) is 6.95. The molecular weight excluding hydrogens is 292 g/mol. The highest BCUT2D eigenvalue weighted by Crippen LogP contribution is 2.12. The fourth-order valence-corrected chi connectivity index (χ4v) is 1.65. The molecule has 23 heavy (non-hydrogen) atoms. The smallest absolute Gasteiger partial charge is 0.148 e. The van der Waals surface area contributed by atoms with E-state index in [0.29, 0.717) is 5.82 Å². The zero-order valence-corrected chi connectivity index (χ0v) is 12.8. The number of benzene rings is 1. The van der Waals surface area contributed by atoms with E-state index in [1.165, 1.54) is 5.56 Å². The second kappa shape index (κ2) is 8.93. The van der Waals surface area contributed by atoms with Crippen LogP contribution in [-0.2, 0) is 6.54 Å². The first kappa shape index (κ1) is 16.2. The van der Waals surface area contributed by atoms with E-state index in [4.69, 9.17) is 10.5 Å². The molecule has 118 valence electrons. The van der Waals surface area contributed by atoms with Crippen molar-refractivity contribution in [2.24, 2.45) is 0 Å². The van der Waals surface area contributed by atoms with E-state index in [-0.39, 0.29) is 0 Å². The summed E-state index contributed by atoms with van der Waals surface area (Å²) in [6.07, 6.45) is 3.23. The molecule has 0 radical (unpaired) electrons. The van der Waals surface area contributed by atoms with Crippen molar-refractivity contribution >= 4 is 11.6 Å². The second-order valence-electron chi connectivity index (χ2n) is 4.46. The minimum Gasteiger partial charge on any atom is -0.497 e. The summed E-state index contributed by atoms with van der Waals surface area (Å²) in [6.45, 7) is 0.725. The molecule has 3 aromatic rings. The summed E-state index contributed by atoms with van der Waals surface area (Å²) < 4.78 is 5.09. The molecule has 0 saturated heterocycles. The van der Waals surface area contributed by atoms with Crippen molar-refractivity contribution in [3.8, 4) is 5.75 Å². The number of nitrogens with one attached hydrogen (secondary N) is 1. The average molecular weight is 310 g/mol. The van der Waals surface area contributed by atoms with Gasteiger partial charge in [0.1, 0.15) is 17.4 Å². The molecule has 0 atom stereocenters. The van der Waals surface area contributed by atoms with E-state index < -0.39 is 0 Å². The number of ether oxygens (including phenoxy) is 1. The third kappa shape index (κ3) is 5.96. The molecule has 3 rings (SSSR count). The van der Waals surface area contributed by atoms with E-state index in [0.717, 1.165) is 18.1 Å². The number of anilines is 2. The van der Waals surface area contributed by atoms with Crippen molar-refractivity contribution in [1.82, 2.24) is 20.4 Å². The number of nitrogen functional groups attached to an aromatic ring is 1. The van der Waals surface area contributed by atoms with Crippen LogP contribution in [0.5, 0.6) is 5.75 Å². The SMILES string of the molecule is COc1ccc(CNc2cccnn2)cc1.Nc1cccnn1. The predicted molar refractivity (Wildman–Crippen MR) is 88.8 cm³/mol. The molecule has 0 bridgehead atoms. The molecule has 2 heterocycles. The Hall–Kier alpha value is -3.22. The topological polar surface area (TPSA) is 98.8 Å². The molecule has 0 amide bonds. The summed E-state index contributed by atoms with van der Waals surface area (Å²) in [5.41, 5.74) is 6.36. The Kier molecular flexibility index (Phi) is 6.27. The summed E-state index contributed by atoms with van der Waals surface area (Å²) in [6, 6.07) is 15.1. The van der Waals surface area contributed by atoms with Crippen LogP contribution in [0.3, 0.4) is 0 Å². The zero-order chi connectivity index (χ0) is 16.3. The Morgan fingerprint density at radius 3 is 2.13 bits per heavy atom. The highest BCUT2D eigenvalue weighted by atomic mass is 16.5. The molecule has 7 nitrogen and oxygen atoms in total. The summed E-state index contributed by atoms with van der Waals surface area (Å²) in [7, 11) is 1.66. The standard InChI is InChI=1S/C12H13N3O.C4H5N3/c1-16-11-6-4-10(5-7-11)9-13-12-3-2-8-14-15-12;5-4-2-1-3-6-7-4/h2-8H,9H2,1H3,(H,13,15);1-3H,(H2,5,7). The molecular formula is C16H18N6O. The third-order valence-corrected chi connectivity index (χ3v) is 2.80. The van der Waals surface area contributed by atoms with Gasteiger partial charge in [0.05, 0.1) is 7.11 Å². The molecule has 0 saturated carbocycles. The van der Waals surface area contributed by atoms with Crippen LogP contribution in [0.25, 0.3) is 0 Å². The second-order valence-corrected chi connectivity index (χ2v) is 4.46.